The molecule has 7 heteroatoms. The number of carbonyl (C=O) groups is 1. The molecule has 1 saturated heterocycles. The summed E-state index contributed by atoms with van der Waals surface area (Å²) in [6, 6.07) is 7.61. The SMILES string of the molecule is C=CCC1(O)CN(C(=O)c2cccc(C3(c4nn[nH]n4)CC3)c2)C1. The van der Waals surface area contributed by atoms with Gasteiger partial charge in [0.1, 0.15) is 5.60 Å². The van der Waals surface area contributed by atoms with Crippen molar-refractivity contribution < 1.29 is 9.90 Å². The fourth-order valence-corrected chi connectivity index (χ4v) is 3.47. The second-order valence-electron chi connectivity index (χ2n) is 6.78. The normalized spacial score (nSPS) is 20.3. The van der Waals surface area contributed by atoms with Crippen molar-refractivity contribution in [2.24, 2.45) is 0 Å². The third kappa shape index (κ3) is 2.32. The zero-order valence-corrected chi connectivity index (χ0v) is 13.3. The lowest BCUT2D eigenvalue weighted by Crippen LogP contribution is -2.63. The average molecular weight is 325 g/mol. The van der Waals surface area contributed by atoms with E-state index in [1.54, 1.807) is 11.0 Å². The van der Waals surface area contributed by atoms with Crippen LogP contribution in [0.1, 0.15) is 41.0 Å². The standard InChI is InChI=1S/C17H19N5O2/c1-2-6-16(24)10-22(11-16)14(23)12-4-3-5-13(9-12)17(7-8-17)15-18-20-21-19-15/h2-5,9,24H,1,6-8,10-11H2,(H,18,19,20,21). The van der Waals surface area contributed by atoms with E-state index in [0.717, 1.165) is 18.4 Å². The molecule has 0 bridgehead atoms. The van der Waals surface area contributed by atoms with Gasteiger partial charge in [-0.3, -0.25) is 4.79 Å². The molecule has 124 valence electrons. The number of hydrogen-bond donors (Lipinski definition) is 2. The van der Waals surface area contributed by atoms with Crippen LogP contribution in [0.5, 0.6) is 0 Å². The summed E-state index contributed by atoms with van der Waals surface area (Å²) < 4.78 is 0. The molecule has 0 radical (unpaired) electrons. The van der Waals surface area contributed by atoms with Gasteiger partial charge in [0.15, 0.2) is 5.82 Å². The van der Waals surface area contributed by atoms with Gasteiger partial charge in [-0.15, -0.1) is 16.8 Å². The average Bonchev–Trinajstić information content (AvgIpc) is 3.19. The summed E-state index contributed by atoms with van der Waals surface area (Å²) in [6.07, 6.45) is 4.09. The largest absolute Gasteiger partial charge is 0.386 e. The number of aliphatic hydroxyl groups is 1. The molecule has 0 atom stereocenters. The van der Waals surface area contributed by atoms with Crippen molar-refractivity contribution in [2.45, 2.75) is 30.3 Å². The van der Waals surface area contributed by atoms with Gasteiger partial charge in [-0.25, -0.2) is 0 Å². The zero-order chi connectivity index (χ0) is 16.8. The molecule has 1 saturated carbocycles. The molecule has 1 aromatic carbocycles. The molecule has 1 aliphatic heterocycles. The van der Waals surface area contributed by atoms with E-state index in [1.165, 1.54) is 0 Å². The summed E-state index contributed by atoms with van der Waals surface area (Å²) in [6.45, 7) is 4.33. The van der Waals surface area contributed by atoms with Crippen LogP contribution in [0, 0.1) is 0 Å². The molecule has 7 nitrogen and oxygen atoms in total. The third-order valence-electron chi connectivity index (χ3n) is 4.97. The molecule has 1 amide bonds. The minimum Gasteiger partial charge on any atom is -0.386 e. The van der Waals surface area contributed by atoms with E-state index in [0.29, 0.717) is 30.9 Å². The topological polar surface area (TPSA) is 95.0 Å². The van der Waals surface area contributed by atoms with Gasteiger partial charge >= 0.3 is 0 Å². The molecular formula is C17H19N5O2. The number of likely N-dealkylation sites (tertiary alicyclic amines) is 1. The number of hydrogen-bond acceptors (Lipinski definition) is 5. The first-order valence-electron chi connectivity index (χ1n) is 8.03. The van der Waals surface area contributed by atoms with Crippen LogP contribution in [0.15, 0.2) is 36.9 Å². The maximum atomic E-state index is 12.6. The lowest BCUT2D eigenvalue weighted by molar-refractivity contribution is -0.0781. The monoisotopic (exact) mass is 325 g/mol. The molecule has 4 rings (SSSR count). The molecule has 24 heavy (non-hydrogen) atoms. The maximum absolute atomic E-state index is 12.6. The Balaban J connectivity index is 1.54. The molecule has 1 aliphatic carbocycles. The highest BCUT2D eigenvalue weighted by atomic mass is 16.3. The molecule has 2 fully saturated rings. The number of β-amino-alcohol motifs (C(OH)–C–C–N with tert-alkyl or cyclic N) is 1. The summed E-state index contributed by atoms with van der Waals surface area (Å²) in [5.74, 6) is 0.617. The minimum absolute atomic E-state index is 0.0606. The van der Waals surface area contributed by atoms with E-state index in [2.05, 4.69) is 27.2 Å². The first-order valence-corrected chi connectivity index (χ1v) is 8.03. The number of carbonyl (C=O) groups excluding carboxylic acids is 1. The van der Waals surface area contributed by atoms with Crippen LogP contribution in [-0.4, -0.2) is 55.2 Å². The number of tetrazole rings is 1. The van der Waals surface area contributed by atoms with Gasteiger partial charge in [-0.2, -0.15) is 5.21 Å². The van der Waals surface area contributed by atoms with E-state index in [4.69, 9.17) is 0 Å². The number of aromatic amines is 1. The van der Waals surface area contributed by atoms with Crippen LogP contribution in [0.2, 0.25) is 0 Å². The van der Waals surface area contributed by atoms with Crippen molar-refractivity contribution >= 4 is 5.91 Å². The summed E-state index contributed by atoms with van der Waals surface area (Å²) in [4.78, 5) is 14.3. The Kier molecular flexibility index (Phi) is 3.28. The molecule has 2 aromatic rings. The Labute approximate surface area is 139 Å². The van der Waals surface area contributed by atoms with E-state index in [-0.39, 0.29) is 11.3 Å². The fraction of sp³-hybridized carbons (Fsp3) is 0.412. The highest BCUT2D eigenvalue weighted by Gasteiger charge is 2.50. The third-order valence-corrected chi connectivity index (χ3v) is 4.97. The van der Waals surface area contributed by atoms with Crippen LogP contribution in [0.3, 0.4) is 0 Å². The lowest BCUT2D eigenvalue weighted by atomic mass is 9.89. The molecule has 2 heterocycles. The summed E-state index contributed by atoms with van der Waals surface area (Å²) in [5.41, 5.74) is 0.624. The Morgan fingerprint density at radius 1 is 1.42 bits per heavy atom. The Morgan fingerprint density at radius 3 is 2.83 bits per heavy atom. The van der Waals surface area contributed by atoms with Gasteiger partial charge < -0.3 is 10.0 Å². The Morgan fingerprint density at radius 2 is 2.21 bits per heavy atom. The molecule has 2 aliphatic rings. The van der Waals surface area contributed by atoms with Crippen LogP contribution < -0.4 is 0 Å². The Hall–Kier alpha value is -2.54. The number of nitrogens with one attached hydrogen (secondary N) is 1. The van der Waals surface area contributed by atoms with Crippen molar-refractivity contribution in [1.29, 1.82) is 0 Å². The van der Waals surface area contributed by atoms with Crippen molar-refractivity contribution in [2.75, 3.05) is 13.1 Å². The van der Waals surface area contributed by atoms with Crippen LogP contribution >= 0.6 is 0 Å². The zero-order valence-electron chi connectivity index (χ0n) is 13.3. The first-order chi connectivity index (χ1) is 11.6. The second-order valence-corrected chi connectivity index (χ2v) is 6.78. The van der Waals surface area contributed by atoms with E-state index in [9.17, 15) is 9.90 Å². The summed E-state index contributed by atoms with van der Waals surface area (Å²) >= 11 is 0. The lowest BCUT2D eigenvalue weighted by Gasteiger charge is -2.46. The molecule has 1 aromatic heterocycles. The van der Waals surface area contributed by atoms with Crippen molar-refractivity contribution in [3.05, 3.63) is 53.9 Å². The predicted molar refractivity (Wildman–Crippen MR) is 86.3 cm³/mol. The summed E-state index contributed by atoms with van der Waals surface area (Å²) in [7, 11) is 0. The fourth-order valence-electron chi connectivity index (χ4n) is 3.47. The smallest absolute Gasteiger partial charge is 0.254 e. The van der Waals surface area contributed by atoms with Gasteiger partial charge in [0, 0.05) is 5.56 Å². The predicted octanol–water partition coefficient (Wildman–Crippen LogP) is 1.04. The number of benzene rings is 1. The van der Waals surface area contributed by atoms with Crippen molar-refractivity contribution in [3.63, 3.8) is 0 Å². The van der Waals surface area contributed by atoms with E-state index in [1.807, 2.05) is 24.3 Å². The van der Waals surface area contributed by atoms with Crippen LogP contribution in [0.25, 0.3) is 0 Å². The maximum Gasteiger partial charge on any atom is 0.254 e. The van der Waals surface area contributed by atoms with Gasteiger partial charge in [0.2, 0.25) is 0 Å². The molecule has 0 unspecified atom stereocenters. The number of nitrogens with zero attached hydrogens (tertiary/aromatic N) is 4. The van der Waals surface area contributed by atoms with E-state index < -0.39 is 5.60 Å². The molecule has 2 N–H and O–H groups in total. The van der Waals surface area contributed by atoms with Gasteiger partial charge in [0.05, 0.1) is 18.5 Å². The molecule has 0 spiro atoms. The quantitative estimate of drug-likeness (QED) is 0.801. The van der Waals surface area contributed by atoms with E-state index >= 15 is 0 Å². The van der Waals surface area contributed by atoms with Crippen molar-refractivity contribution in [3.8, 4) is 0 Å². The minimum atomic E-state index is -0.822. The number of amides is 1. The van der Waals surface area contributed by atoms with Crippen LogP contribution in [0.4, 0.5) is 0 Å². The second kappa shape index (κ2) is 5.24. The van der Waals surface area contributed by atoms with Crippen LogP contribution in [-0.2, 0) is 5.41 Å². The highest BCUT2D eigenvalue weighted by Crippen LogP contribution is 2.52. The van der Waals surface area contributed by atoms with Gasteiger partial charge in [-0.05, 0) is 37.0 Å². The first kappa shape index (κ1) is 15.0. The van der Waals surface area contributed by atoms with Gasteiger partial charge in [-0.1, -0.05) is 23.4 Å². The Bertz CT molecular complexity index is 776. The molecular weight excluding hydrogens is 306 g/mol. The number of aromatic nitrogens is 4. The summed E-state index contributed by atoms with van der Waals surface area (Å²) in [5, 5.41) is 24.6. The highest BCUT2D eigenvalue weighted by molar-refractivity contribution is 5.95. The number of H-pyrrole nitrogens is 1. The van der Waals surface area contributed by atoms with Gasteiger partial charge in [0.25, 0.3) is 5.91 Å². The number of rotatable bonds is 5. The van der Waals surface area contributed by atoms with Crippen molar-refractivity contribution in [1.82, 2.24) is 25.5 Å².